The first-order valence-corrected chi connectivity index (χ1v) is 11.3. The van der Waals surface area contributed by atoms with Gasteiger partial charge in [0.1, 0.15) is 5.75 Å². The summed E-state index contributed by atoms with van der Waals surface area (Å²) in [5.74, 6) is 0.304. The number of rotatable bonds is 9. The highest BCUT2D eigenvalue weighted by molar-refractivity contribution is 7.99. The van der Waals surface area contributed by atoms with E-state index in [1.165, 1.54) is 6.07 Å². The fraction of sp³-hybridized carbons (Fsp3) is 0.250. The van der Waals surface area contributed by atoms with Crippen molar-refractivity contribution >= 4 is 29.3 Å². The second-order valence-electron chi connectivity index (χ2n) is 7.50. The number of methoxy groups -OCH3 is 1. The van der Waals surface area contributed by atoms with Crippen molar-refractivity contribution in [3.63, 3.8) is 0 Å². The third kappa shape index (κ3) is 7.50. The Balaban J connectivity index is 1.54. The number of anilines is 1. The summed E-state index contributed by atoms with van der Waals surface area (Å²) < 4.78 is 5.18. The summed E-state index contributed by atoms with van der Waals surface area (Å²) in [4.78, 5) is 43.5. The number of benzene rings is 2. The summed E-state index contributed by atoms with van der Waals surface area (Å²) in [5, 5.41) is 5.95. The molecule has 0 aliphatic rings. The third-order valence-corrected chi connectivity index (χ3v) is 5.61. The molecule has 1 heterocycles. The van der Waals surface area contributed by atoms with Gasteiger partial charge in [-0.1, -0.05) is 41.6 Å². The number of aryl methyl sites for hydroxylation is 2. The smallest absolute Gasteiger partial charge is 0.251 e. The minimum atomic E-state index is -0.377. The van der Waals surface area contributed by atoms with Crippen molar-refractivity contribution in [2.24, 2.45) is 0 Å². The standard InChI is InChI=1S/C24H26N4O4S/c1-15-7-8-20(16(2)9-15)27-23(31)14-33-24-26-18(12-22(30)28-24)11-21(29)25-13-17-5-4-6-19(10-17)32-3/h4-10,12H,11,13-14H2,1-3H3,(H,25,29)(H,27,31)(H,26,28,30). The molecule has 2 aromatic carbocycles. The van der Waals surface area contributed by atoms with Gasteiger partial charge in [0.05, 0.1) is 25.0 Å². The Morgan fingerprint density at radius 3 is 2.67 bits per heavy atom. The maximum atomic E-state index is 12.3. The summed E-state index contributed by atoms with van der Waals surface area (Å²) in [7, 11) is 1.58. The number of carbonyl (C=O) groups is 2. The number of hydrogen-bond donors (Lipinski definition) is 3. The average Bonchev–Trinajstić information content (AvgIpc) is 2.78. The van der Waals surface area contributed by atoms with Gasteiger partial charge in [0.25, 0.3) is 5.56 Å². The van der Waals surface area contributed by atoms with Gasteiger partial charge in [0, 0.05) is 18.3 Å². The maximum Gasteiger partial charge on any atom is 0.251 e. The lowest BCUT2D eigenvalue weighted by Gasteiger charge is -2.09. The van der Waals surface area contributed by atoms with Gasteiger partial charge >= 0.3 is 0 Å². The van der Waals surface area contributed by atoms with Crippen LogP contribution < -0.4 is 20.9 Å². The minimum absolute atomic E-state index is 0.0454. The molecular formula is C24H26N4O4S. The van der Waals surface area contributed by atoms with Gasteiger partial charge in [0.15, 0.2) is 5.16 Å². The quantitative estimate of drug-likeness (QED) is 0.330. The van der Waals surface area contributed by atoms with E-state index in [1.807, 2.05) is 56.3 Å². The van der Waals surface area contributed by atoms with Gasteiger partial charge < -0.3 is 20.4 Å². The summed E-state index contributed by atoms with van der Waals surface area (Å²) in [5.41, 5.74) is 3.69. The Kier molecular flexibility index (Phi) is 8.26. The largest absolute Gasteiger partial charge is 0.497 e. The molecule has 0 aliphatic carbocycles. The second-order valence-corrected chi connectivity index (χ2v) is 8.47. The first-order valence-electron chi connectivity index (χ1n) is 10.3. The molecule has 0 bridgehead atoms. The van der Waals surface area contributed by atoms with Crippen molar-refractivity contribution in [3.05, 3.63) is 81.3 Å². The Hall–Kier alpha value is -3.59. The van der Waals surface area contributed by atoms with Crippen LogP contribution in [0, 0.1) is 13.8 Å². The first kappa shape index (κ1) is 24.1. The normalized spacial score (nSPS) is 10.5. The highest BCUT2D eigenvalue weighted by atomic mass is 32.2. The van der Waals surface area contributed by atoms with Crippen molar-refractivity contribution in [3.8, 4) is 5.75 Å². The molecule has 172 valence electrons. The second kappa shape index (κ2) is 11.3. The number of aromatic nitrogens is 2. The molecule has 9 heteroatoms. The van der Waals surface area contributed by atoms with Crippen LogP contribution in [0.5, 0.6) is 5.75 Å². The topological polar surface area (TPSA) is 113 Å². The molecular weight excluding hydrogens is 440 g/mol. The lowest BCUT2D eigenvalue weighted by molar-refractivity contribution is -0.120. The zero-order valence-electron chi connectivity index (χ0n) is 18.7. The number of aromatic amines is 1. The molecule has 0 aliphatic heterocycles. The molecule has 3 aromatic rings. The molecule has 0 atom stereocenters. The molecule has 0 saturated heterocycles. The molecule has 3 N–H and O–H groups in total. The predicted octanol–water partition coefficient (Wildman–Crippen LogP) is 2.99. The Labute approximate surface area is 196 Å². The van der Waals surface area contributed by atoms with E-state index in [-0.39, 0.29) is 34.7 Å². The van der Waals surface area contributed by atoms with Crippen molar-refractivity contribution in [2.45, 2.75) is 32.0 Å². The minimum Gasteiger partial charge on any atom is -0.497 e. The average molecular weight is 467 g/mol. The van der Waals surface area contributed by atoms with Crippen LogP contribution >= 0.6 is 11.8 Å². The molecule has 0 saturated carbocycles. The number of hydrogen-bond acceptors (Lipinski definition) is 6. The number of thioether (sulfide) groups is 1. The van der Waals surface area contributed by atoms with Crippen LogP contribution in [0.1, 0.15) is 22.4 Å². The SMILES string of the molecule is COc1cccc(CNC(=O)Cc2cc(=O)[nH]c(SCC(=O)Nc3ccc(C)cc3C)n2)c1. The van der Waals surface area contributed by atoms with Gasteiger partial charge in [-0.05, 0) is 43.2 Å². The maximum absolute atomic E-state index is 12.3. The molecule has 3 rings (SSSR count). The zero-order valence-corrected chi connectivity index (χ0v) is 19.5. The molecule has 0 spiro atoms. The highest BCUT2D eigenvalue weighted by Crippen LogP contribution is 2.18. The molecule has 33 heavy (non-hydrogen) atoms. The van der Waals surface area contributed by atoms with E-state index >= 15 is 0 Å². The molecule has 0 unspecified atom stereocenters. The van der Waals surface area contributed by atoms with Crippen LogP contribution in [0.15, 0.2) is 58.5 Å². The summed E-state index contributed by atoms with van der Waals surface area (Å²) in [6.45, 7) is 4.25. The van der Waals surface area contributed by atoms with Crippen molar-refractivity contribution in [1.29, 1.82) is 0 Å². The third-order valence-electron chi connectivity index (χ3n) is 4.73. The number of nitrogens with one attached hydrogen (secondary N) is 3. The van der Waals surface area contributed by atoms with Crippen LogP contribution in [0.25, 0.3) is 0 Å². The van der Waals surface area contributed by atoms with E-state index in [2.05, 4.69) is 20.6 Å². The molecule has 1 aromatic heterocycles. The fourth-order valence-corrected chi connectivity index (χ4v) is 3.82. The van der Waals surface area contributed by atoms with Crippen LogP contribution in [-0.4, -0.2) is 34.6 Å². The van der Waals surface area contributed by atoms with Crippen LogP contribution in [0.4, 0.5) is 5.69 Å². The van der Waals surface area contributed by atoms with E-state index < -0.39 is 0 Å². The van der Waals surface area contributed by atoms with E-state index in [1.54, 1.807) is 7.11 Å². The monoisotopic (exact) mass is 466 g/mol. The van der Waals surface area contributed by atoms with Gasteiger partial charge in [-0.2, -0.15) is 0 Å². The molecule has 0 fully saturated rings. The first-order chi connectivity index (χ1) is 15.8. The zero-order chi connectivity index (χ0) is 23.8. The Morgan fingerprint density at radius 2 is 1.91 bits per heavy atom. The van der Waals surface area contributed by atoms with Crippen LogP contribution in [0.3, 0.4) is 0 Å². The van der Waals surface area contributed by atoms with Gasteiger partial charge in [0.2, 0.25) is 11.8 Å². The van der Waals surface area contributed by atoms with Crippen LogP contribution in [0.2, 0.25) is 0 Å². The molecule has 0 radical (unpaired) electrons. The summed E-state index contributed by atoms with van der Waals surface area (Å²) >= 11 is 1.10. The van der Waals surface area contributed by atoms with E-state index in [9.17, 15) is 14.4 Å². The number of amides is 2. The van der Waals surface area contributed by atoms with E-state index in [0.717, 1.165) is 34.1 Å². The highest BCUT2D eigenvalue weighted by Gasteiger charge is 2.11. The Bertz CT molecular complexity index is 1210. The van der Waals surface area contributed by atoms with Crippen LogP contribution in [-0.2, 0) is 22.6 Å². The predicted molar refractivity (Wildman–Crippen MR) is 129 cm³/mol. The lowest BCUT2D eigenvalue weighted by atomic mass is 10.1. The van der Waals surface area contributed by atoms with E-state index in [4.69, 9.17) is 4.74 Å². The number of ether oxygens (including phenoxy) is 1. The fourth-order valence-electron chi connectivity index (χ4n) is 3.13. The van der Waals surface area contributed by atoms with E-state index in [0.29, 0.717) is 18.0 Å². The molecule has 2 amide bonds. The summed E-state index contributed by atoms with van der Waals surface area (Å²) in [6, 6.07) is 14.5. The van der Waals surface area contributed by atoms with Crippen molar-refractivity contribution in [1.82, 2.24) is 15.3 Å². The van der Waals surface area contributed by atoms with Crippen molar-refractivity contribution < 1.29 is 14.3 Å². The number of nitrogens with zero attached hydrogens (tertiary/aromatic N) is 1. The Morgan fingerprint density at radius 1 is 1.09 bits per heavy atom. The van der Waals surface area contributed by atoms with Crippen molar-refractivity contribution in [2.75, 3.05) is 18.2 Å². The van der Waals surface area contributed by atoms with Gasteiger partial charge in [-0.25, -0.2) is 4.98 Å². The van der Waals surface area contributed by atoms with Gasteiger partial charge in [-0.15, -0.1) is 0 Å². The number of H-pyrrole nitrogens is 1. The molecule has 8 nitrogen and oxygen atoms in total. The number of carbonyl (C=O) groups excluding carboxylic acids is 2. The van der Waals surface area contributed by atoms with Gasteiger partial charge in [-0.3, -0.25) is 14.4 Å². The summed E-state index contributed by atoms with van der Waals surface area (Å²) in [6.07, 6.45) is -0.0454. The lowest BCUT2D eigenvalue weighted by Crippen LogP contribution is -2.26.